The lowest BCUT2D eigenvalue weighted by Gasteiger charge is -2.31. The number of nitrogens with zero attached hydrogens (tertiary/aromatic N) is 2. The highest BCUT2D eigenvalue weighted by atomic mass is 127. The number of likely N-dealkylation sites (tertiary alicyclic amines) is 1. The second-order valence-electron chi connectivity index (χ2n) is 6.23. The van der Waals surface area contributed by atoms with Crippen molar-refractivity contribution in [2.45, 2.75) is 38.1 Å². The van der Waals surface area contributed by atoms with E-state index in [9.17, 15) is 4.39 Å². The Kier molecular flexibility index (Phi) is 5.94. The van der Waals surface area contributed by atoms with Gasteiger partial charge in [-0.2, -0.15) is 0 Å². The summed E-state index contributed by atoms with van der Waals surface area (Å²) in [6.07, 6.45) is 3.23. The third-order valence-corrected chi connectivity index (χ3v) is 4.74. The smallest absolute Gasteiger partial charge is 0.191 e. The van der Waals surface area contributed by atoms with E-state index < -0.39 is 0 Å². The van der Waals surface area contributed by atoms with Gasteiger partial charge in [-0.15, -0.1) is 24.0 Å². The predicted octanol–water partition coefficient (Wildman–Crippen LogP) is 4.00. The maximum absolute atomic E-state index is 13.9. The SMILES string of the molecule is CC1CCCN(C(N)=NC2CC2c2c(F)cccc2Cl)C1.I. The van der Waals surface area contributed by atoms with E-state index in [1.54, 1.807) is 12.1 Å². The Hall–Kier alpha value is -0.560. The molecule has 0 bridgehead atoms. The van der Waals surface area contributed by atoms with Crippen LogP contribution in [0.4, 0.5) is 4.39 Å². The molecule has 3 rings (SSSR count). The average molecular weight is 438 g/mol. The summed E-state index contributed by atoms with van der Waals surface area (Å²) in [7, 11) is 0. The number of piperidine rings is 1. The van der Waals surface area contributed by atoms with Gasteiger partial charge in [0, 0.05) is 29.6 Å². The molecule has 3 unspecified atom stereocenters. The van der Waals surface area contributed by atoms with E-state index in [0.717, 1.165) is 25.9 Å². The fourth-order valence-corrected chi connectivity index (χ4v) is 3.45. The van der Waals surface area contributed by atoms with Gasteiger partial charge in [-0.25, -0.2) is 9.38 Å². The van der Waals surface area contributed by atoms with Gasteiger partial charge in [-0.1, -0.05) is 24.6 Å². The molecule has 0 amide bonds. The molecule has 22 heavy (non-hydrogen) atoms. The summed E-state index contributed by atoms with van der Waals surface area (Å²) < 4.78 is 13.9. The Labute approximate surface area is 153 Å². The molecule has 1 aliphatic carbocycles. The molecule has 1 aromatic carbocycles. The van der Waals surface area contributed by atoms with Crippen LogP contribution in [0, 0.1) is 11.7 Å². The highest BCUT2D eigenvalue weighted by molar-refractivity contribution is 14.0. The monoisotopic (exact) mass is 437 g/mol. The fraction of sp³-hybridized carbons (Fsp3) is 0.562. The summed E-state index contributed by atoms with van der Waals surface area (Å²) in [6.45, 7) is 4.17. The molecular weight excluding hydrogens is 416 g/mol. The number of nitrogens with two attached hydrogens (primary N) is 1. The fourth-order valence-electron chi connectivity index (χ4n) is 3.15. The highest BCUT2D eigenvalue weighted by Crippen LogP contribution is 2.47. The number of halogens is 3. The Balaban J connectivity index is 0.00000176. The molecule has 2 aliphatic rings. The van der Waals surface area contributed by atoms with Crippen molar-refractivity contribution in [1.82, 2.24) is 4.90 Å². The summed E-state index contributed by atoms with van der Waals surface area (Å²) in [5.41, 5.74) is 6.71. The van der Waals surface area contributed by atoms with Crippen molar-refractivity contribution in [2.24, 2.45) is 16.6 Å². The van der Waals surface area contributed by atoms with Crippen LogP contribution in [-0.4, -0.2) is 30.0 Å². The Morgan fingerprint density at radius 2 is 2.23 bits per heavy atom. The second-order valence-corrected chi connectivity index (χ2v) is 6.63. The topological polar surface area (TPSA) is 41.6 Å². The molecule has 0 aromatic heterocycles. The van der Waals surface area contributed by atoms with Gasteiger partial charge in [0.2, 0.25) is 0 Å². The van der Waals surface area contributed by atoms with Crippen molar-refractivity contribution in [3.63, 3.8) is 0 Å². The second kappa shape index (κ2) is 7.34. The number of rotatable bonds is 2. The zero-order valence-corrected chi connectivity index (χ0v) is 15.7. The third-order valence-electron chi connectivity index (χ3n) is 4.41. The Bertz CT molecular complexity index is 546. The quantitative estimate of drug-likeness (QED) is 0.432. The summed E-state index contributed by atoms with van der Waals surface area (Å²) in [4.78, 5) is 6.73. The summed E-state index contributed by atoms with van der Waals surface area (Å²) in [5, 5.41) is 0.489. The molecule has 1 aliphatic heterocycles. The van der Waals surface area contributed by atoms with Crippen LogP contribution in [-0.2, 0) is 0 Å². The molecule has 122 valence electrons. The number of hydrogen-bond donors (Lipinski definition) is 1. The highest BCUT2D eigenvalue weighted by Gasteiger charge is 2.41. The normalized spacial score (nSPS) is 28.2. The first kappa shape index (κ1) is 17.8. The van der Waals surface area contributed by atoms with E-state index in [-0.39, 0.29) is 41.8 Å². The zero-order valence-electron chi connectivity index (χ0n) is 12.6. The van der Waals surface area contributed by atoms with Crippen LogP contribution in [0.2, 0.25) is 5.02 Å². The molecule has 0 spiro atoms. The van der Waals surface area contributed by atoms with Crippen molar-refractivity contribution < 1.29 is 4.39 Å². The van der Waals surface area contributed by atoms with Crippen LogP contribution in [0.1, 0.15) is 37.7 Å². The van der Waals surface area contributed by atoms with Crippen LogP contribution in [0.25, 0.3) is 0 Å². The van der Waals surface area contributed by atoms with Crippen LogP contribution < -0.4 is 5.73 Å². The molecule has 1 aromatic rings. The predicted molar refractivity (Wildman–Crippen MR) is 99.6 cm³/mol. The maximum Gasteiger partial charge on any atom is 0.191 e. The molecule has 6 heteroatoms. The van der Waals surface area contributed by atoms with E-state index in [1.165, 1.54) is 12.5 Å². The maximum atomic E-state index is 13.9. The number of aliphatic imine (C=N–C) groups is 1. The first-order valence-electron chi connectivity index (χ1n) is 7.58. The van der Waals surface area contributed by atoms with Crippen molar-refractivity contribution in [2.75, 3.05) is 13.1 Å². The lowest BCUT2D eigenvalue weighted by Crippen LogP contribution is -2.43. The number of benzene rings is 1. The van der Waals surface area contributed by atoms with Gasteiger partial charge < -0.3 is 10.6 Å². The third kappa shape index (κ3) is 3.85. The molecule has 1 saturated heterocycles. The molecule has 2 fully saturated rings. The van der Waals surface area contributed by atoms with Crippen molar-refractivity contribution in [1.29, 1.82) is 0 Å². The number of guanidine groups is 1. The molecule has 3 atom stereocenters. The molecule has 3 nitrogen and oxygen atoms in total. The van der Waals surface area contributed by atoms with Gasteiger partial charge in [0.15, 0.2) is 5.96 Å². The van der Waals surface area contributed by atoms with Gasteiger partial charge in [-0.05, 0) is 37.3 Å². The molecule has 2 N–H and O–H groups in total. The largest absolute Gasteiger partial charge is 0.370 e. The van der Waals surface area contributed by atoms with E-state index in [2.05, 4.69) is 16.8 Å². The lowest BCUT2D eigenvalue weighted by molar-refractivity contribution is 0.270. The zero-order chi connectivity index (χ0) is 15.0. The van der Waals surface area contributed by atoms with Crippen molar-refractivity contribution in [3.8, 4) is 0 Å². The van der Waals surface area contributed by atoms with Gasteiger partial charge >= 0.3 is 0 Å². The molecule has 0 radical (unpaired) electrons. The van der Waals surface area contributed by atoms with Gasteiger partial charge in [0.05, 0.1) is 6.04 Å². The minimum absolute atomic E-state index is 0. The summed E-state index contributed by atoms with van der Waals surface area (Å²) >= 11 is 6.10. The minimum Gasteiger partial charge on any atom is -0.370 e. The van der Waals surface area contributed by atoms with Crippen LogP contribution >= 0.6 is 35.6 Å². The molecule has 1 saturated carbocycles. The number of hydrogen-bond acceptors (Lipinski definition) is 1. The first-order valence-corrected chi connectivity index (χ1v) is 7.96. The van der Waals surface area contributed by atoms with Gasteiger partial charge in [-0.3, -0.25) is 0 Å². The average Bonchev–Trinajstić information content (AvgIpc) is 3.17. The lowest BCUT2D eigenvalue weighted by atomic mass is 10.0. The van der Waals surface area contributed by atoms with Crippen molar-refractivity contribution in [3.05, 3.63) is 34.6 Å². The molecule has 1 heterocycles. The Morgan fingerprint density at radius 3 is 2.91 bits per heavy atom. The summed E-state index contributed by atoms with van der Waals surface area (Å²) in [6, 6.07) is 4.88. The minimum atomic E-state index is -0.240. The van der Waals surface area contributed by atoms with E-state index >= 15 is 0 Å². The van der Waals surface area contributed by atoms with E-state index in [4.69, 9.17) is 17.3 Å². The first-order chi connectivity index (χ1) is 10.1. The van der Waals surface area contributed by atoms with Crippen LogP contribution in [0.3, 0.4) is 0 Å². The standard InChI is InChI=1S/C16H21ClFN3.HI/c1-10-4-3-7-21(9-10)16(19)20-14-8-11(14)15-12(17)5-2-6-13(15)18;/h2,5-6,10-11,14H,3-4,7-9H2,1H3,(H2,19,20);1H. The van der Waals surface area contributed by atoms with Crippen molar-refractivity contribution >= 4 is 41.5 Å². The Morgan fingerprint density at radius 1 is 1.45 bits per heavy atom. The van der Waals surface area contributed by atoms with Crippen LogP contribution in [0.15, 0.2) is 23.2 Å². The van der Waals surface area contributed by atoms with E-state index in [0.29, 0.717) is 22.5 Å². The van der Waals surface area contributed by atoms with Gasteiger partial charge in [0.1, 0.15) is 5.82 Å². The van der Waals surface area contributed by atoms with Gasteiger partial charge in [0.25, 0.3) is 0 Å². The summed E-state index contributed by atoms with van der Waals surface area (Å²) in [5.74, 6) is 1.08. The molecular formula is C16H22ClFIN3. The van der Waals surface area contributed by atoms with E-state index in [1.807, 2.05) is 0 Å². The van der Waals surface area contributed by atoms with Crippen LogP contribution in [0.5, 0.6) is 0 Å².